The molecule has 1 atom stereocenters. The molecule has 1 saturated carbocycles. The van der Waals surface area contributed by atoms with Crippen molar-refractivity contribution in [2.45, 2.75) is 44.7 Å². The molecule has 152 valence electrons. The van der Waals surface area contributed by atoms with Gasteiger partial charge in [-0.25, -0.2) is 9.67 Å². The highest BCUT2D eigenvalue weighted by molar-refractivity contribution is 6.05. The highest BCUT2D eigenvalue weighted by atomic mass is 16.1. The second-order valence-corrected chi connectivity index (χ2v) is 8.39. The molecule has 1 aliphatic carbocycles. The molecule has 0 saturated heterocycles. The van der Waals surface area contributed by atoms with Gasteiger partial charge in [-0.3, -0.25) is 4.79 Å². The van der Waals surface area contributed by atoms with Gasteiger partial charge in [0.15, 0.2) is 5.65 Å². The lowest BCUT2D eigenvalue weighted by Crippen LogP contribution is -2.34. The van der Waals surface area contributed by atoms with Crippen molar-refractivity contribution in [1.29, 1.82) is 0 Å². The fourth-order valence-corrected chi connectivity index (χ4v) is 3.75. The summed E-state index contributed by atoms with van der Waals surface area (Å²) >= 11 is 0. The zero-order valence-electron chi connectivity index (χ0n) is 17.6. The zero-order chi connectivity index (χ0) is 20.5. The summed E-state index contributed by atoms with van der Waals surface area (Å²) in [6.07, 6.45) is 4.06. The van der Waals surface area contributed by atoms with Gasteiger partial charge in [0.1, 0.15) is 0 Å². The number of rotatable bonds is 7. The number of aromatic nitrogens is 3. The van der Waals surface area contributed by atoms with Crippen LogP contribution in [0.4, 0.5) is 0 Å². The third kappa shape index (κ3) is 4.03. The van der Waals surface area contributed by atoms with Crippen molar-refractivity contribution in [2.24, 2.45) is 0 Å². The number of carbonyl (C=O) groups is 1. The molecule has 0 spiro atoms. The minimum absolute atomic E-state index is 0.0645. The van der Waals surface area contributed by atoms with E-state index in [1.807, 2.05) is 43.0 Å². The Kier molecular flexibility index (Phi) is 5.37. The Morgan fingerprint density at radius 3 is 2.59 bits per heavy atom. The van der Waals surface area contributed by atoms with Crippen LogP contribution in [0.5, 0.6) is 0 Å². The lowest BCUT2D eigenvalue weighted by molar-refractivity contribution is 0.0943. The van der Waals surface area contributed by atoms with E-state index in [2.05, 4.69) is 41.3 Å². The molecule has 0 unspecified atom stereocenters. The third-order valence-electron chi connectivity index (χ3n) is 5.58. The summed E-state index contributed by atoms with van der Waals surface area (Å²) in [5, 5.41) is 8.47. The standard InChI is InChI=1S/C23H29N5O/c1-15(2)28-22-19(13-25-28)18(12-20(26-22)16-10-11-16)23(29)24-14-21(27(3)4)17-8-6-5-7-9-17/h5-9,12-13,15-16,21H,10-11,14H2,1-4H3,(H,24,29)/t21-/m0/s1. The van der Waals surface area contributed by atoms with Gasteiger partial charge in [-0.15, -0.1) is 0 Å². The Labute approximate surface area is 171 Å². The molecule has 2 aromatic heterocycles. The van der Waals surface area contributed by atoms with Crippen molar-refractivity contribution in [1.82, 2.24) is 25.0 Å². The maximum Gasteiger partial charge on any atom is 0.252 e. The lowest BCUT2D eigenvalue weighted by Gasteiger charge is -2.25. The molecule has 0 aliphatic heterocycles. The number of hydrogen-bond donors (Lipinski definition) is 1. The molecule has 2 heterocycles. The molecular weight excluding hydrogens is 362 g/mol. The molecule has 1 amide bonds. The summed E-state index contributed by atoms with van der Waals surface area (Å²) in [4.78, 5) is 20.2. The van der Waals surface area contributed by atoms with Crippen molar-refractivity contribution in [3.05, 3.63) is 59.4 Å². The number of amides is 1. The SMILES string of the molecule is CC(C)n1ncc2c(C(=O)NC[C@@H](c3ccccc3)N(C)C)cc(C3CC3)nc21. The number of fused-ring (bicyclic) bond motifs is 1. The fraction of sp³-hybridized carbons (Fsp3) is 0.435. The van der Waals surface area contributed by atoms with Gasteiger partial charge >= 0.3 is 0 Å². The number of hydrogen-bond acceptors (Lipinski definition) is 4. The Bertz CT molecular complexity index is 1000. The van der Waals surface area contributed by atoms with Crippen LogP contribution in [0.25, 0.3) is 11.0 Å². The molecule has 29 heavy (non-hydrogen) atoms. The molecular formula is C23H29N5O. The van der Waals surface area contributed by atoms with Crippen molar-refractivity contribution < 1.29 is 4.79 Å². The van der Waals surface area contributed by atoms with Gasteiger partial charge in [0, 0.05) is 24.2 Å². The van der Waals surface area contributed by atoms with Crippen LogP contribution in [0.1, 0.15) is 66.3 Å². The Balaban J connectivity index is 1.62. The van der Waals surface area contributed by atoms with Crippen LogP contribution in [-0.4, -0.2) is 46.2 Å². The summed E-state index contributed by atoms with van der Waals surface area (Å²) in [5.74, 6) is 0.408. The van der Waals surface area contributed by atoms with Crippen molar-refractivity contribution in [2.75, 3.05) is 20.6 Å². The van der Waals surface area contributed by atoms with Gasteiger partial charge in [0.05, 0.1) is 23.2 Å². The van der Waals surface area contributed by atoms with E-state index in [-0.39, 0.29) is 18.0 Å². The predicted octanol–water partition coefficient (Wildman–Crippen LogP) is 3.92. The Morgan fingerprint density at radius 1 is 1.24 bits per heavy atom. The third-order valence-corrected chi connectivity index (χ3v) is 5.58. The maximum absolute atomic E-state index is 13.2. The average Bonchev–Trinajstić information content (AvgIpc) is 3.46. The summed E-state index contributed by atoms with van der Waals surface area (Å²) in [7, 11) is 4.07. The summed E-state index contributed by atoms with van der Waals surface area (Å²) in [5.41, 5.74) is 3.68. The van der Waals surface area contributed by atoms with Gasteiger partial charge in [-0.1, -0.05) is 30.3 Å². The summed E-state index contributed by atoms with van der Waals surface area (Å²) < 4.78 is 1.91. The van der Waals surface area contributed by atoms with Gasteiger partial charge in [-0.05, 0) is 52.4 Å². The van der Waals surface area contributed by atoms with Crippen LogP contribution in [0.15, 0.2) is 42.6 Å². The van der Waals surface area contributed by atoms with Gasteiger partial charge in [-0.2, -0.15) is 5.10 Å². The number of carbonyl (C=O) groups excluding carboxylic acids is 1. The normalized spacial score (nSPS) is 15.2. The number of likely N-dealkylation sites (N-methyl/N-ethyl adjacent to an activating group) is 1. The average molecular weight is 392 g/mol. The molecule has 4 rings (SSSR count). The summed E-state index contributed by atoms with van der Waals surface area (Å²) in [6.45, 7) is 4.70. The second-order valence-electron chi connectivity index (χ2n) is 8.39. The van der Waals surface area contributed by atoms with E-state index < -0.39 is 0 Å². The number of pyridine rings is 1. The minimum Gasteiger partial charge on any atom is -0.350 e. The van der Waals surface area contributed by atoms with Crippen LogP contribution in [0.3, 0.4) is 0 Å². The fourth-order valence-electron chi connectivity index (χ4n) is 3.75. The minimum atomic E-state index is -0.0645. The molecule has 6 heteroatoms. The van der Waals surface area contributed by atoms with Crippen LogP contribution >= 0.6 is 0 Å². The molecule has 1 aromatic carbocycles. The number of benzene rings is 1. The van der Waals surface area contributed by atoms with E-state index in [1.165, 1.54) is 5.56 Å². The quantitative estimate of drug-likeness (QED) is 0.663. The first kappa shape index (κ1) is 19.6. The first-order valence-electron chi connectivity index (χ1n) is 10.3. The summed E-state index contributed by atoms with van der Waals surface area (Å²) in [6, 6.07) is 12.5. The van der Waals surface area contributed by atoms with Gasteiger partial charge in [0.2, 0.25) is 0 Å². The lowest BCUT2D eigenvalue weighted by atomic mass is 10.1. The molecule has 6 nitrogen and oxygen atoms in total. The first-order valence-corrected chi connectivity index (χ1v) is 10.3. The van der Waals surface area contributed by atoms with E-state index in [4.69, 9.17) is 4.98 Å². The van der Waals surface area contributed by atoms with Crippen LogP contribution in [0.2, 0.25) is 0 Å². The van der Waals surface area contributed by atoms with Crippen LogP contribution in [0, 0.1) is 0 Å². The second kappa shape index (κ2) is 7.95. The van der Waals surface area contributed by atoms with E-state index >= 15 is 0 Å². The molecule has 0 radical (unpaired) electrons. The molecule has 0 bridgehead atoms. The monoisotopic (exact) mass is 391 g/mol. The van der Waals surface area contributed by atoms with Crippen molar-refractivity contribution in [3.8, 4) is 0 Å². The Hall–Kier alpha value is -2.73. The van der Waals surface area contributed by atoms with Gasteiger partial charge in [0.25, 0.3) is 5.91 Å². The highest BCUT2D eigenvalue weighted by Crippen LogP contribution is 2.40. The molecule has 1 N–H and O–H groups in total. The smallest absolute Gasteiger partial charge is 0.252 e. The highest BCUT2D eigenvalue weighted by Gasteiger charge is 2.28. The van der Waals surface area contributed by atoms with Crippen LogP contribution < -0.4 is 5.32 Å². The van der Waals surface area contributed by atoms with E-state index in [0.29, 0.717) is 18.0 Å². The number of nitrogens with zero attached hydrogens (tertiary/aromatic N) is 4. The van der Waals surface area contributed by atoms with E-state index in [9.17, 15) is 4.79 Å². The largest absolute Gasteiger partial charge is 0.350 e. The van der Waals surface area contributed by atoms with Crippen LogP contribution in [-0.2, 0) is 0 Å². The first-order chi connectivity index (χ1) is 14.0. The Morgan fingerprint density at radius 2 is 1.97 bits per heavy atom. The topological polar surface area (TPSA) is 63.1 Å². The van der Waals surface area contributed by atoms with Crippen molar-refractivity contribution >= 4 is 16.9 Å². The molecule has 1 fully saturated rings. The zero-order valence-corrected chi connectivity index (χ0v) is 17.6. The number of nitrogens with one attached hydrogen (secondary N) is 1. The molecule has 3 aromatic rings. The van der Waals surface area contributed by atoms with E-state index in [0.717, 1.165) is 29.6 Å². The maximum atomic E-state index is 13.2. The van der Waals surface area contributed by atoms with Gasteiger partial charge < -0.3 is 10.2 Å². The molecule has 1 aliphatic rings. The van der Waals surface area contributed by atoms with Crippen molar-refractivity contribution in [3.63, 3.8) is 0 Å². The van der Waals surface area contributed by atoms with E-state index in [1.54, 1.807) is 6.20 Å². The predicted molar refractivity (Wildman–Crippen MR) is 115 cm³/mol.